The number of anilines is 1. The highest BCUT2D eigenvalue weighted by molar-refractivity contribution is 7.07. The Hall–Kier alpha value is -1.36. The third-order valence-corrected chi connectivity index (χ3v) is 4.04. The van der Waals surface area contributed by atoms with E-state index >= 15 is 0 Å². The minimum atomic E-state index is 0.598. The minimum Gasteiger partial charge on any atom is -0.353 e. The van der Waals surface area contributed by atoms with Crippen LogP contribution in [0.25, 0.3) is 0 Å². The van der Waals surface area contributed by atoms with Gasteiger partial charge in [-0.25, -0.2) is 9.97 Å². The van der Waals surface area contributed by atoms with Gasteiger partial charge in [0.15, 0.2) is 0 Å². The fraction of sp³-hybridized carbons (Fsp3) is 0.538. The van der Waals surface area contributed by atoms with Crippen molar-refractivity contribution in [1.29, 1.82) is 0 Å². The molecule has 0 amide bonds. The molecule has 4 nitrogen and oxygen atoms in total. The van der Waals surface area contributed by atoms with Crippen molar-refractivity contribution in [3.05, 3.63) is 28.5 Å². The van der Waals surface area contributed by atoms with Crippen LogP contribution in [0.15, 0.2) is 17.1 Å². The molecule has 2 heterocycles. The van der Waals surface area contributed by atoms with E-state index in [0.29, 0.717) is 6.04 Å². The molecule has 1 fully saturated rings. The van der Waals surface area contributed by atoms with Gasteiger partial charge in [-0.2, -0.15) is 0 Å². The molecule has 0 aliphatic heterocycles. The molecule has 96 valence electrons. The molecule has 2 aromatic rings. The number of imidazole rings is 1. The SMILES string of the molecule is Cc1cn(Cc2cscn2)c(NC2CCCC2)n1. The zero-order valence-corrected chi connectivity index (χ0v) is 11.4. The lowest BCUT2D eigenvalue weighted by Crippen LogP contribution is -2.18. The van der Waals surface area contributed by atoms with Gasteiger partial charge in [-0.15, -0.1) is 11.3 Å². The van der Waals surface area contributed by atoms with Crippen LogP contribution in [0.1, 0.15) is 37.1 Å². The van der Waals surface area contributed by atoms with Gasteiger partial charge in [0.25, 0.3) is 0 Å². The molecule has 5 heteroatoms. The second-order valence-electron chi connectivity index (χ2n) is 4.94. The zero-order valence-electron chi connectivity index (χ0n) is 10.6. The van der Waals surface area contributed by atoms with Gasteiger partial charge in [-0.1, -0.05) is 12.8 Å². The summed E-state index contributed by atoms with van der Waals surface area (Å²) >= 11 is 1.64. The molecule has 1 N–H and O–H groups in total. The number of thiazole rings is 1. The van der Waals surface area contributed by atoms with Crippen molar-refractivity contribution in [3.63, 3.8) is 0 Å². The summed E-state index contributed by atoms with van der Waals surface area (Å²) < 4.78 is 2.17. The van der Waals surface area contributed by atoms with E-state index in [9.17, 15) is 0 Å². The van der Waals surface area contributed by atoms with Gasteiger partial charge in [0.1, 0.15) is 0 Å². The molecule has 0 radical (unpaired) electrons. The van der Waals surface area contributed by atoms with Gasteiger partial charge in [0.2, 0.25) is 5.95 Å². The Kier molecular flexibility index (Phi) is 3.32. The molecule has 1 aliphatic rings. The van der Waals surface area contributed by atoms with Crippen LogP contribution in [0.3, 0.4) is 0 Å². The first kappa shape index (κ1) is 11.7. The van der Waals surface area contributed by atoms with Crippen molar-refractivity contribution in [2.24, 2.45) is 0 Å². The Labute approximate surface area is 111 Å². The van der Waals surface area contributed by atoms with Crippen LogP contribution in [-0.4, -0.2) is 20.6 Å². The van der Waals surface area contributed by atoms with E-state index in [1.54, 1.807) is 11.3 Å². The first-order valence-corrected chi connectivity index (χ1v) is 7.43. The normalized spacial score (nSPS) is 16.3. The van der Waals surface area contributed by atoms with E-state index in [-0.39, 0.29) is 0 Å². The van der Waals surface area contributed by atoms with Crippen LogP contribution in [0.2, 0.25) is 0 Å². The average molecular weight is 262 g/mol. The van der Waals surface area contributed by atoms with Crippen molar-refractivity contribution in [2.45, 2.75) is 45.2 Å². The second-order valence-corrected chi connectivity index (χ2v) is 5.66. The summed E-state index contributed by atoms with van der Waals surface area (Å²) in [5.41, 5.74) is 4.04. The largest absolute Gasteiger partial charge is 0.353 e. The topological polar surface area (TPSA) is 42.7 Å². The Morgan fingerprint density at radius 1 is 1.44 bits per heavy atom. The van der Waals surface area contributed by atoms with Crippen molar-refractivity contribution in [1.82, 2.24) is 14.5 Å². The summed E-state index contributed by atoms with van der Waals surface area (Å²) in [4.78, 5) is 8.92. The van der Waals surface area contributed by atoms with Crippen molar-refractivity contribution in [2.75, 3.05) is 5.32 Å². The molecule has 2 aromatic heterocycles. The summed E-state index contributed by atoms with van der Waals surface area (Å²) in [6.45, 7) is 2.84. The maximum Gasteiger partial charge on any atom is 0.203 e. The highest BCUT2D eigenvalue weighted by Crippen LogP contribution is 2.22. The smallest absolute Gasteiger partial charge is 0.203 e. The Morgan fingerprint density at radius 2 is 2.28 bits per heavy atom. The van der Waals surface area contributed by atoms with E-state index in [2.05, 4.69) is 31.4 Å². The standard InChI is InChI=1S/C13H18N4S/c1-10-6-17(7-12-8-18-9-14-12)13(15-10)16-11-4-2-3-5-11/h6,8-9,11H,2-5,7H2,1H3,(H,15,16). The lowest BCUT2D eigenvalue weighted by atomic mass is 10.2. The highest BCUT2D eigenvalue weighted by Gasteiger charge is 2.17. The van der Waals surface area contributed by atoms with Crippen LogP contribution in [-0.2, 0) is 6.54 Å². The van der Waals surface area contributed by atoms with Gasteiger partial charge >= 0.3 is 0 Å². The molecular formula is C13H18N4S. The molecule has 0 unspecified atom stereocenters. The fourth-order valence-electron chi connectivity index (χ4n) is 2.53. The summed E-state index contributed by atoms with van der Waals surface area (Å²) in [6.07, 6.45) is 7.30. The van der Waals surface area contributed by atoms with Crippen molar-refractivity contribution in [3.8, 4) is 0 Å². The first-order chi connectivity index (χ1) is 8.81. The predicted molar refractivity (Wildman–Crippen MR) is 74.1 cm³/mol. The maximum absolute atomic E-state index is 4.58. The second kappa shape index (κ2) is 5.10. The summed E-state index contributed by atoms with van der Waals surface area (Å²) in [7, 11) is 0. The molecule has 18 heavy (non-hydrogen) atoms. The van der Waals surface area contributed by atoms with Crippen LogP contribution in [0.4, 0.5) is 5.95 Å². The molecule has 1 aliphatic carbocycles. The third kappa shape index (κ3) is 2.56. The van der Waals surface area contributed by atoms with E-state index < -0.39 is 0 Å². The molecule has 0 spiro atoms. The highest BCUT2D eigenvalue weighted by atomic mass is 32.1. The number of nitrogens with zero attached hydrogens (tertiary/aromatic N) is 3. The van der Waals surface area contributed by atoms with Gasteiger partial charge in [0, 0.05) is 17.6 Å². The quantitative estimate of drug-likeness (QED) is 0.921. The fourth-order valence-corrected chi connectivity index (χ4v) is 3.07. The van der Waals surface area contributed by atoms with Gasteiger partial charge < -0.3 is 9.88 Å². The number of aryl methyl sites for hydroxylation is 1. The van der Waals surface area contributed by atoms with Gasteiger partial charge in [0.05, 0.1) is 23.4 Å². The number of hydrogen-bond donors (Lipinski definition) is 1. The molecule has 0 atom stereocenters. The van der Waals surface area contributed by atoms with Crippen molar-refractivity contribution >= 4 is 17.3 Å². The third-order valence-electron chi connectivity index (χ3n) is 3.40. The van der Waals surface area contributed by atoms with E-state index in [1.807, 2.05) is 12.4 Å². The molecule has 1 saturated carbocycles. The number of hydrogen-bond acceptors (Lipinski definition) is 4. The number of rotatable bonds is 4. The van der Waals surface area contributed by atoms with Crippen LogP contribution in [0, 0.1) is 6.92 Å². The lowest BCUT2D eigenvalue weighted by molar-refractivity contribution is 0.712. The van der Waals surface area contributed by atoms with Crippen molar-refractivity contribution < 1.29 is 0 Å². The first-order valence-electron chi connectivity index (χ1n) is 6.48. The van der Waals surface area contributed by atoms with E-state index in [1.165, 1.54) is 25.7 Å². The molecule has 0 bridgehead atoms. The van der Waals surface area contributed by atoms with Crippen LogP contribution in [0.5, 0.6) is 0 Å². The van der Waals surface area contributed by atoms with Gasteiger partial charge in [-0.3, -0.25) is 0 Å². The zero-order chi connectivity index (χ0) is 12.4. The predicted octanol–water partition coefficient (Wildman–Crippen LogP) is 3.05. The van der Waals surface area contributed by atoms with Crippen LogP contribution < -0.4 is 5.32 Å². The van der Waals surface area contributed by atoms with Gasteiger partial charge in [-0.05, 0) is 19.8 Å². The van der Waals surface area contributed by atoms with Crippen LogP contribution >= 0.6 is 11.3 Å². The Bertz CT molecular complexity index is 497. The summed E-state index contributed by atoms with van der Waals surface area (Å²) in [6, 6.07) is 0.598. The molecule has 0 saturated heterocycles. The Balaban J connectivity index is 1.76. The number of aromatic nitrogens is 3. The lowest BCUT2D eigenvalue weighted by Gasteiger charge is -2.14. The molecule has 0 aromatic carbocycles. The van der Waals surface area contributed by atoms with E-state index in [0.717, 1.165) is 23.9 Å². The maximum atomic E-state index is 4.58. The molecular weight excluding hydrogens is 244 g/mol. The summed E-state index contributed by atoms with van der Waals surface area (Å²) in [5, 5.41) is 5.66. The summed E-state index contributed by atoms with van der Waals surface area (Å²) in [5.74, 6) is 0.993. The monoisotopic (exact) mass is 262 g/mol. The Morgan fingerprint density at radius 3 is 3.00 bits per heavy atom. The average Bonchev–Trinajstić information content (AvgIpc) is 3.03. The minimum absolute atomic E-state index is 0.598. The molecule has 3 rings (SSSR count). The number of nitrogens with one attached hydrogen (secondary N) is 1. The van der Waals surface area contributed by atoms with E-state index in [4.69, 9.17) is 0 Å².